The van der Waals surface area contributed by atoms with Crippen molar-refractivity contribution in [2.45, 2.75) is 122 Å². The number of nitrogens with zero attached hydrogens (tertiary/aromatic N) is 4. The number of nitrogens with one attached hydrogen (secondary N) is 2. The maximum Gasteiger partial charge on any atom is 0.232 e. The van der Waals surface area contributed by atoms with Gasteiger partial charge in [-0.15, -0.1) is 0 Å². The van der Waals surface area contributed by atoms with Gasteiger partial charge in [0, 0.05) is 30.9 Å². The van der Waals surface area contributed by atoms with E-state index in [0.29, 0.717) is 17.9 Å². The topological polar surface area (TPSA) is 75.1 Å². The van der Waals surface area contributed by atoms with Crippen LogP contribution in [-0.4, -0.2) is 34.3 Å². The first kappa shape index (κ1) is 26.4. The first-order valence-electron chi connectivity index (χ1n) is 13.8. The lowest BCUT2D eigenvalue weighted by molar-refractivity contribution is 0.448. The monoisotopic (exact) mass is 466 g/mol. The molecule has 0 radical (unpaired) electrons. The van der Waals surface area contributed by atoms with Gasteiger partial charge in [0.05, 0.1) is 0 Å². The zero-order valence-corrected chi connectivity index (χ0v) is 21.6. The van der Waals surface area contributed by atoms with Crippen molar-refractivity contribution in [2.24, 2.45) is 4.99 Å². The second kappa shape index (κ2) is 15.6. The fourth-order valence-corrected chi connectivity index (χ4v) is 5.15. The van der Waals surface area contributed by atoms with Crippen LogP contribution in [0.15, 0.2) is 28.9 Å². The molecular weight excluding hydrogens is 420 g/mol. The van der Waals surface area contributed by atoms with E-state index in [9.17, 15) is 0 Å². The lowest BCUT2D eigenvalue weighted by Crippen LogP contribution is -2.23. The number of allylic oxidation sites excluding steroid dienone is 3. The standard InChI is InChI=1S/C28H46N6/c1-3-16-24(21-22-29-2)30-27-32-26(23-17-12-8-5-4-6-9-13-18-23)33-28(34-27)31-25-19-14-10-7-11-15-20-25/h3,16,21-23,25H,4-15,17-20H2,1-2H3,(H2,30,31,32,33,34)/b16-3-,24-21+,29-22-. The number of aliphatic imine (C=N–C) groups is 1. The second-order valence-electron chi connectivity index (χ2n) is 9.93. The molecule has 188 valence electrons. The van der Waals surface area contributed by atoms with Crippen molar-refractivity contribution in [3.63, 3.8) is 0 Å². The number of aromatic nitrogens is 3. The normalized spacial score (nSPS) is 20.8. The van der Waals surface area contributed by atoms with Gasteiger partial charge < -0.3 is 10.6 Å². The van der Waals surface area contributed by atoms with Gasteiger partial charge in [-0.25, -0.2) is 0 Å². The molecule has 34 heavy (non-hydrogen) atoms. The minimum absolute atomic E-state index is 0.408. The third-order valence-corrected chi connectivity index (χ3v) is 7.07. The SMILES string of the molecule is C\C=C/C(=C\C=N/C)Nc1nc(NC2CCCCCCC2)nc(C2CCCCCCCCC2)n1. The predicted octanol–water partition coefficient (Wildman–Crippen LogP) is 7.58. The van der Waals surface area contributed by atoms with Gasteiger partial charge in [-0.2, -0.15) is 15.0 Å². The van der Waals surface area contributed by atoms with E-state index in [1.807, 2.05) is 25.2 Å². The summed E-state index contributed by atoms with van der Waals surface area (Å²) in [6.07, 6.45) is 28.4. The molecule has 1 aromatic rings. The fraction of sp³-hybridized carbons (Fsp3) is 0.714. The zero-order valence-electron chi connectivity index (χ0n) is 21.6. The molecule has 0 saturated heterocycles. The van der Waals surface area contributed by atoms with Crippen molar-refractivity contribution >= 4 is 18.1 Å². The van der Waals surface area contributed by atoms with Crippen molar-refractivity contribution in [1.82, 2.24) is 15.0 Å². The van der Waals surface area contributed by atoms with Gasteiger partial charge in [-0.3, -0.25) is 4.99 Å². The third-order valence-electron chi connectivity index (χ3n) is 7.07. The van der Waals surface area contributed by atoms with E-state index in [1.165, 1.54) is 103 Å². The highest BCUT2D eigenvalue weighted by Crippen LogP contribution is 2.29. The molecule has 2 saturated carbocycles. The molecular formula is C28H46N6. The molecule has 2 aliphatic carbocycles. The van der Waals surface area contributed by atoms with Crippen LogP contribution in [0.3, 0.4) is 0 Å². The molecule has 2 aliphatic rings. The molecule has 0 bridgehead atoms. The second-order valence-corrected chi connectivity index (χ2v) is 9.93. The lowest BCUT2D eigenvalue weighted by atomic mass is 9.91. The smallest absolute Gasteiger partial charge is 0.232 e. The van der Waals surface area contributed by atoms with Gasteiger partial charge in [0.15, 0.2) is 0 Å². The van der Waals surface area contributed by atoms with Crippen LogP contribution in [0.5, 0.6) is 0 Å². The zero-order chi connectivity index (χ0) is 23.8. The summed E-state index contributed by atoms with van der Waals surface area (Å²) in [7, 11) is 1.78. The van der Waals surface area contributed by atoms with Crippen LogP contribution in [0.2, 0.25) is 0 Å². The van der Waals surface area contributed by atoms with E-state index in [-0.39, 0.29) is 0 Å². The quantitative estimate of drug-likeness (QED) is 0.320. The minimum Gasteiger partial charge on any atom is -0.351 e. The molecule has 2 fully saturated rings. The first-order chi connectivity index (χ1) is 16.8. The van der Waals surface area contributed by atoms with Crippen molar-refractivity contribution in [1.29, 1.82) is 0 Å². The summed E-state index contributed by atoms with van der Waals surface area (Å²) >= 11 is 0. The summed E-state index contributed by atoms with van der Waals surface area (Å²) in [6.45, 7) is 2.01. The van der Waals surface area contributed by atoms with Crippen molar-refractivity contribution < 1.29 is 0 Å². The van der Waals surface area contributed by atoms with E-state index >= 15 is 0 Å². The number of rotatable bonds is 7. The van der Waals surface area contributed by atoms with Gasteiger partial charge >= 0.3 is 0 Å². The van der Waals surface area contributed by atoms with E-state index in [4.69, 9.17) is 15.0 Å². The number of hydrogen-bond acceptors (Lipinski definition) is 6. The molecule has 1 heterocycles. The summed E-state index contributed by atoms with van der Waals surface area (Å²) in [4.78, 5) is 18.9. The Bertz CT molecular complexity index is 782. The summed E-state index contributed by atoms with van der Waals surface area (Å²) in [5, 5.41) is 7.13. The molecule has 6 nitrogen and oxygen atoms in total. The number of hydrogen-bond donors (Lipinski definition) is 2. The molecule has 0 aliphatic heterocycles. The van der Waals surface area contributed by atoms with Crippen molar-refractivity contribution in [3.05, 3.63) is 29.7 Å². The van der Waals surface area contributed by atoms with Gasteiger partial charge in [-0.05, 0) is 44.8 Å². The summed E-state index contributed by atoms with van der Waals surface area (Å²) in [6, 6.07) is 0.449. The van der Waals surface area contributed by atoms with E-state index < -0.39 is 0 Å². The molecule has 1 aromatic heterocycles. The van der Waals surface area contributed by atoms with Gasteiger partial charge in [-0.1, -0.05) is 83.1 Å². The molecule has 0 spiro atoms. The summed E-state index contributed by atoms with van der Waals surface area (Å²) in [5.74, 6) is 2.73. The van der Waals surface area contributed by atoms with Crippen molar-refractivity contribution in [2.75, 3.05) is 17.7 Å². The van der Waals surface area contributed by atoms with Gasteiger partial charge in [0.2, 0.25) is 11.9 Å². The molecule has 6 heteroatoms. The lowest BCUT2D eigenvalue weighted by Gasteiger charge is -2.23. The van der Waals surface area contributed by atoms with Crippen LogP contribution in [0.4, 0.5) is 11.9 Å². The Morgan fingerprint density at radius 3 is 1.91 bits per heavy atom. The van der Waals surface area contributed by atoms with Crippen LogP contribution in [0.1, 0.15) is 121 Å². The predicted molar refractivity (Wildman–Crippen MR) is 145 cm³/mol. The van der Waals surface area contributed by atoms with Crippen LogP contribution in [-0.2, 0) is 0 Å². The van der Waals surface area contributed by atoms with Gasteiger partial charge in [0.1, 0.15) is 5.82 Å². The van der Waals surface area contributed by atoms with Crippen LogP contribution < -0.4 is 10.6 Å². The summed E-state index contributed by atoms with van der Waals surface area (Å²) in [5.41, 5.74) is 0.924. The number of anilines is 2. The Balaban J connectivity index is 1.85. The Morgan fingerprint density at radius 1 is 0.765 bits per heavy atom. The average molecular weight is 467 g/mol. The highest BCUT2D eigenvalue weighted by atomic mass is 15.2. The maximum atomic E-state index is 5.01. The van der Waals surface area contributed by atoms with E-state index in [1.54, 1.807) is 13.3 Å². The van der Waals surface area contributed by atoms with E-state index in [2.05, 4.69) is 15.6 Å². The molecule has 0 atom stereocenters. The third kappa shape index (κ3) is 9.55. The molecule has 0 amide bonds. The Morgan fingerprint density at radius 2 is 1.32 bits per heavy atom. The first-order valence-corrected chi connectivity index (χ1v) is 13.8. The van der Waals surface area contributed by atoms with Crippen LogP contribution in [0, 0.1) is 0 Å². The highest BCUT2D eigenvalue weighted by molar-refractivity contribution is 5.74. The maximum absolute atomic E-state index is 5.01. The minimum atomic E-state index is 0.408. The summed E-state index contributed by atoms with van der Waals surface area (Å²) < 4.78 is 0. The van der Waals surface area contributed by atoms with E-state index in [0.717, 1.165) is 17.5 Å². The Kier molecular flexibility index (Phi) is 12.1. The molecule has 0 aromatic carbocycles. The molecule has 2 N–H and O–H groups in total. The Hall–Kier alpha value is -2.24. The highest BCUT2D eigenvalue weighted by Gasteiger charge is 2.20. The largest absolute Gasteiger partial charge is 0.351 e. The molecule has 3 rings (SSSR count). The Labute approximate surface area is 207 Å². The van der Waals surface area contributed by atoms with Crippen LogP contribution >= 0.6 is 0 Å². The van der Waals surface area contributed by atoms with Crippen molar-refractivity contribution in [3.8, 4) is 0 Å². The average Bonchev–Trinajstić information content (AvgIpc) is 2.82. The van der Waals surface area contributed by atoms with Gasteiger partial charge in [0.25, 0.3) is 0 Å². The molecule has 0 unspecified atom stereocenters. The van der Waals surface area contributed by atoms with Crippen LogP contribution in [0.25, 0.3) is 0 Å². The fourth-order valence-electron chi connectivity index (χ4n) is 5.15.